The van der Waals surface area contributed by atoms with Crippen molar-refractivity contribution in [1.82, 2.24) is 0 Å². The molecule has 0 radical (unpaired) electrons. The fraction of sp³-hybridized carbons (Fsp3) is 0.316. The van der Waals surface area contributed by atoms with Crippen molar-refractivity contribution in [2.45, 2.75) is 39.2 Å². The average Bonchev–Trinajstić information content (AvgIpc) is 2.53. The van der Waals surface area contributed by atoms with Crippen molar-refractivity contribution in [3.05, 3.63) is 75.3 Å². The van der Waals surface area contributed by atoms with Crippen molar-refractivity contribution < 1.29 is 21.6 Å². The highest BCUT2D eigenvalue weighted by Gasteiger charge is 2.41. The zero-order chi connectivity index (χ0) is 20.4. The van der Waals surface area contributed by atoms with Crippen LogP contribution < -0.4 is 0 Å². The second kappa shape index (κ2) is 7.76. The Bertz CT molecular complexity index is 1060. The lowest BCUT2D eigenvalue weighted by molar-refractivity contribution is 0.00377. The largest absolute Gasteiger partial charge is 0.495 e. The Hall–Kier alpha value is -2.28. The lowest BCUT2D eigenvalue weighted by Crippen LogP contribution is -2.28. The Balaban J connectivity index is 2.39. The first kappa shape index (κ1) is 21.0. The summed E-state index contributed by atoms with van der Waals surface area (Å²) in [5.74, 6) is -1.10. The molecular formula is C19H22N2O4S2. The summed E-state index contributed by atoms with van der Waals surface area (Å²) in [5.41, 5.74) is 13.5. The van der Waals surface area contributed by atoms with Crippen LogP contribution in [0.5, 0.6) is 0 Å². The third kappa shape index (κ3) is 4.91. The molecule has 0 fully saturated rings. The minimum absolute atomic E-state index is 0.462. The van der Waals surface area contributed by atoms with Gasteiger partial charge in [-0.3, -0.25) is 0 Å². The van der Waals surface area contributed by atoms with Crippen molar-refractivity contribution in [2.75, 3.05) is 0 Å². The van der Waals surface area contributed by atoms with E-state index in [1.807, 2.05) is 26.0 Å². The van der Waals surface area contributed by atoms with Crippen molar-refractivity contribution in [1.29, 1.82) is 0 Å². The molecule has 0 unspecified atom stereocenters. The lowest BCUT2D eigenvalue weighted by Gasteiger charge is -2.08. The Morgan fingerprint density at radius 1 is 0.778 bits per heavy atom. The molecule has 0 saturated carbocycles. The van der Waals surface area contributed by atoms with Gasteiger partial charge in [-0.25, -0.2) is 16.8 Å². The van der Waals surface area contributed by atoms with Gasteiger partial charge in [0.15, 0.2) is 0 Å². The Morgan fingerprint density at radius 2 is 1.15 bits per heavy atom. The molecule has 0 amide bonds. The van der Waals surface area contributed by atoms with E-state index in [2.05, 4.69) is 4.79 Å². The number of sulfone groups is 2. The first-order valence-corrected chi connectivity index (χ1v) is 11.6. The van der Waals surface area contributed by atoms with Gasteiger partial charge < -0.3 is 5.53 Å². The quantitative estimate of drug-likeness (QED) is 0.337. The molecule has 2 aromatic carbocycles. The van der Waals surface area contributed by atoms with Gasteiger partial charge in [-0.1, -0.05) is 47.5 Å². The molecule has 144 valence electrons. The van der Waals surface area contributed by atoms with E-state index in [1.54, 1.807) is 38.1 Å². The van der Waals surface area contributed by atoms with Gasteiger partial charge >= 0.3 is 4.38 Å². The highest BCUT2D eigenvalue weighted by Crippen LogP contribution is 2.19. The number of hydrogen-bond acceptors (Lipinski definition) is 4. The normalized spacial score (nSPS) is 11.9. The maximum atomic E-state index is 12.7. The summed E-state index contributed by atoms with van der Waals surface area (Å²) in [4.78, 5) is 2.66. The molecule has 0 N–H and O–H groups in total. The van der Waals surface area contributed by atoms with E-state index < -0.39 is 35.6 Å². The minimum Gasteiger partial charge on any atom is -0.359 e. The van der Waals surface area contributed by atoms with Crippen LogP contribution in [0.4, 0.5) is 0 Å². The number of hydrogen-bond donors (Lipinski definition) is 0. The standard InChI is InChI=1S/C19H22N2O4S2/c1-13-5-7-17(15(3)9-13)11-26(22,23)19(21-20)27(24,25)12-18-8-6-14(2)10-16(18)4/h5-10H,11-12H2,1-4H3. The van der Waals surface area contributed by atoms with E-state index in [9.17, 15) is 22.4 Å². The Kier molecular flexibility index (Phi) is 6.04. The highest BCUT2D eigenvalue weighted by atomic mass is 32.3. The van der Waals surface area contributed by atoms with Gasteiger partial charge in [0, 0.05) is 0 Å². The van der Waals surface area contributed by atoms with Crippen molar-refractivity contribution in [3.63, 3.8) is 0 Å². The number of rotatable bonds is 4. The topological polar surface area (TPSA) is 105 Å². The SMILES string of the molecule is Cc1ccc(CS(=O)(=O)C(=[N+]=[N-])S(=O)(=O)Cc2ccc(C)cc2C)c(C)c1. The summed E-state index contributed by atoms with van der Waals surface area (Å²) in [6, 6.07) is 10.4. The Labute approximate surface area is 160 Å². The van der Waals surface area contributed by atoms with Gasteiger partial charge in [-0.2, -0.15) is 0 Å². The molecule has 0 aromatic heterocycles. The molecule has 0 saturated heterocycles. The van der Waals surface area contributed by atoms with Crippen molar-refractivity contribution in [3.8, 4) is 0 Å². The summed E-state index contributed by atoms with van der Waals surface area (Å²) < 4.78 is 49.5. The molecule has 0 atom stereocenters. The average molecular weight is 407 g/mol. The first-order valence-electron chi connectivity index (χ1n) is 8.26. The summed E-state index contributed by atoms with van der Waals surface area (Å²) in [6.45, 7) is 7.25. The lowest BCUT2D eigenvalue weighted by atomic mass is 10.1. The summed E-state index contributed by atoms with van der Waals surface area (Å²) in [7, 11) is -8.70. The fourth-order valence-corrected chi connectivity index (χ4v) is 6.73. The van der Waals surface area contributed by atoms with Gasteiger partial charge in [-0.05, 0) is 49.9 Å². The molecule has 2 rings (SSSR count). The van der Waals surface area contributed by atoms with E-state index in [0.717, 1.165) is 22.3 Å². The van der Waals surface area contributed by atoms with Crippen LogP contribution in [0.1, 0.15) is 33.4 Å². The summed E-state index contributed by atoms with van der Waals surface area (Å²) in [6.07, 6.45) is 0. The van der Waals surface area contributed by atoms with E-state index in [1.165, 1.54) is 0 Å². The fourth-order valence-electron chi connectivity index (χ4n) is 2.87. The molecule has 0 spiro atoms. The number of aryl methyl sites for hydroxylation is 4. The van der Waals surface area contributed by atoms with Crippen LogP contribution >= 0.6 is 0 Å². The summed E-state index contributed by atoms with van der Waals surface area (Å²) in [5, 5.41) is 0. The molecule has 6 nitrogen and oxygen atoms in total. The molecular weight excluding hydrogens is 384 g/mol. The number of benzene rings is 2. The second-order valence-electron chi connectivity index (χ2n) is 6.74. The maximum Gasteiger partial charge on any atom is 0.495 e. The van der Waals surface area contributed by atoms with Gasteiger partial charge in [-0.15, -0.1) is 4.79 Å². The van der Waals surface area contributed by atoms with E-state index in [0.29, 0.717) is 11.1 Å². The third-order valence-corrected chi connectivity index (χ3v) is 8.43. The first-order chi connectivity index (χ1) is 12.5. The van der Waals surface area contributed by atoms with Crippen LogP contribution in [0.3, 0.4) is 0 Å². The van der Waals surface area contributed by atoms with Crippen LogP contribution in [0, 0.1) is 27.7 Å². The van der Waals surface area contributed by atoms with Crippen molar-refractivity contribution >= 4 is 24.1 Å². The van der Waals surface area contributed by atoms with Gasteiger partial charge in [0.05, 0.1) is 11.5 Å². The molecule has 0 aliphatic carbocycles. The molecule has 0 aliphatic heterocycles. The van der Waals surface area contributed by atoms with Gasteiger partial charge in [0.2, 0.25) is 0 Å². The molecule has 0 aliphatic rings. The van der Waals surface area contributed by atoms with Crippen LogP contribution in [-0.4, -0.2) is 26.0 Å². The van der Waals surface area contributed by atoms with Gasteiger partial charge in [0.25, 0.3) is 19.7 Å². The zero-order valence-corrected chi connectivity index (χ0v) is 17.4. The molecule has 0 bridgehead atoms. The second-order valence-corrected chi connectivity index (χ2v) is 10.8. The summed E-state index contributed by atoms with van der Waals surface area (Å²) >= 11 is 0. The predicted molar refractivity (Wildman–Crippen MR) is 106 cm³/mol. The maximum absolute atomic E-state index is 12.7. The molecule has 8 heteroatoms. The number of nitrogens with zero attached hydrogens (tertiary/aromatic N) is 2. The van der Waals surface area contributed by atoms with Crippen LogP contribution in [0.25, 0.3) is 5.53 Å². The third-order valence-electron chi connectivity index (χ3n) is 4.30. The van der Waals surface area contributed by atoms with Crippen LogP contribution in [-0.2, 0) is 31.2 Å². The Morgan fingerprint density at radius 3 is 1.44 bits per heavy atom. The van der Waals surface area contributed by atoms with Crippen LogP contribution in [0.15, 0.2) is 36.4 Å². The van der Waals surface area contributed by atoms with Crippen LogP contribution in [0.2, 0.25) is 0 Å². The molecule has 0 heterocycles. The van der Waals surface area contributed by atoms with E-state index >= 15 is 0 Å². The monoisotopic (exact) mass is 406 g/mol. The van der Waals surface area contributed by atoms with E-state index in [4.69, 9.17) is 0 Å². The predicted octanol–water partition coefficient (Wildman–Crippen LogP) is 3.04. The molecule has 27 heavy (non-hydrogen) atoms. The highest BCUT2D eigenvalue weighted by molar-refractivity contribution is 8.30. The zero-order valence-electron chi connectivity index (χ0n) is 15.7. The smallest absolute Gasteiger partial charge is 0.359 e. The minimum atomic E-state index is -4.35. The molecule has 2 aromatic rings. The van der Waals surface area contributed by atoms with Crippen molar-refractivity contribution in [2.24, 2.45) is 0 Å². The van der Waals surface area contributed by atoms with Gasteiger partial charge in [0.1, 0.15) is 0 Å². The van der Waals surface area contributed by atoms with E-state index in [-0.39, 0.29) is 0 Å².